The van der Waals surface area contributed by atoms with Gasteiger partial charge in [0.05, 0.1) is 24.1 Å². The topological polar surface area (TPSA) is 43.3 Å². The molecule has 0 saturated heterocycles. The minimum absolute atomic E-state index is 0.0664. The van der Waals surface area contributed by atoms with Gasteiger partial charge >= 0.3 is 0 Å². The van der Waals surface area contributed by atoms with Crippen LogP contribution in [0.2, 0.25) is 0 Å². The van der Waals surface area contributed by atoms with Gasteiger partial charge in [-0.1, -0.05) is 42.5 Å². The predicted molar refractivity (Wildman–Crippen MR) is 105 cm³/mol. The van der Waals surface area contributed by atoms with Crippen molar-refractivity contribution in [3.8, 4) is 22.7 Å². The van der Waals surface area contributed by atoms with Crippen LogP contribution in [0.15, 0.2) is 60.7 Å². The monoisotopic (exact) mass is 348 g/mol. The largest absolute Gasteiger partial charge is 0.495 e. The second-order valence-electron chi connectivity index (χ2n) is 6.53. The van der Waals surface area contributed by atoms with Gasteiger partial charge in [-0.05, 0) is 44.5 Å². The molecule has 0 aliphatic rings. The van der Waals surface area contributed by atoms with Crippen LogP contribution in [0.1, 0.15) is 29.9 Å². The van der Waals surface area contributed by atoms with Gasteiger partial charge in [0.2, 0.25) is 0 Å². The zero-order chi connectivity index (χ0) is 18.7. The molecule has 3 aromatic rings. The summed E-state index contributed by atoms with van der Waals surface area (Å²) in [7, 11) is 1.66. The smallest absolute Gasteiger partial charge is 0.253 e. The molecular weight excluding hydrogens is 324 g/mol. The Bertz CT molecular complexity index is 911. The van der Waals surface area contributed by atoms with Crippen LogP contribution in [0.4, 0.5) is 0 Å². The number of carbonyl (C=O) groups is 1. The highest BCUT2D eigenvalue weighted by molar-refractivity contribution is 5.97. The third-order valence-electron chi connectivity index (χ3n) is 4.31. The number of hydrogen-bond donors (Lipinski definition) is 1. The standard InChI is InChI=1S/C22H24N2O2/c1-15(2)23-22(25)18-14-20(17-10-6-5-7-11-17)24(16(18)3)19-12-8-9-13-21(19)26-4/h5-15H,1-4H3,(H,23,25). The van der Waals surface area contributed by atoms with Crippen molar-refractivity contribution in [3.63, 3.8) is 0 Å². The van der Waals surface area contributed by atoms with Gasteiger partial charge in [0.1, 0.15) is 5.75 Å². The third kappa shape index (κ3) is 3.36. The van der Waals surface area contributed by atoms with E-state index in [0.717, 1.165) is 28.4 Å². The molecule has 1 amide bonds. The van der Waals surface area contributed by atoms with Gasteiger partial charge in [0, 0.05) is 11.7 Å². The predicted octanol–water partition coefficient (Wildman–Crippen LogP) is 4.60. The fourth-order valence-corrected chi connectivity index (χ4v) is 3.12. The quantitative estimate of drug-likeness (QED) is 0.732. The normalized spacial score (nSPS) is 10.8. The van der Waals surface area contributed by atoms with E-state index < -0.39 is 0 Å². The van der Waals surface area contributed by atoms with Crippen molar-refractivity contribution in [3.05, 3.63) is 71.9 Å². The maximum absolute atomic E-state index is 12.7. The van der Waals surface area contributed by atoms with Crippen LogP contribution in [-0.2, 0) is 0 Å². The lowest BCUT2D eigenvalue weighted by Gasteiger charge is -2.15. The molecule has 1 aromatic heterocycles. The highest BCUT2D eigenvalue weighted by atomic mass is 16.5. The van der Waals surface area contributed by atoms with Crippen molar-refractivity contribution >= 4 is 5.91 Å². The van der Waals surface area contributed by atoms with Crippen molar-refractivity contribution in [1.82, 2.24) is 9.88 Å². The SMILES string of the molecule is COc1ccccc1-n1c(-c2ccccc2)cc(C(=O)NC(C)C)c1C. The van der Waals surface area contributed by atoms with Crippen LogP contribution in [0.25, 0.3) is 16.9 Å². The molecule has 0 bridgehead atoms. The fourth-order valence-electron chi connectivity index (χ4n) is 3.12. The van der Waals surface area contributed by atoms with Crippen LogP contribution in [0, 0.1) is 6.92 Å². The Kier molecular flexibility index (Phi) is 5.12. The summed E-state index contributed by atoms with van der Waals surface area (Å²) in [6, 6.07) is 20.0. The molecule has 1 heterocycles. The van der Waals surface area contributed by atoms with E-state index in [4.69, 9.17) is 4.74 Å². The van der Waals surface area contributed by atoms with Crippen molar-refractivity contribution in [2.75, 3.05) is 7.11 Å². The summed E-state index contributed by atoms with van der Waals surface area (Å²) in [5, 5.41) is 2.99. The second kappa shape index (κ2) is 7.48. The minimum Gasteiger partial charge on any atom is -0.495 e. The van der Waals surface area contributed by atoms with Crippen molar-refractivity contribution < 1.29 is 9.53 Å². The van der Waals surface area contributed by atoms with Crippen molar-refractivity contribution in [2.24, 2.45) is 0 Å². The molecule has 26 heavy (non-hydrogen) atoms. The summed E-state index contributed by atoms with van der Waals surface area (Å²) >= 11 is 0. The number of amides is 1. The molecule has 4 nitrogen and oxygen atoms in total. The van der Waals surface area contributed by atoms with Gasteiger partial charge in [-0.3, -0.25) is 4.79 Å². The Balaban J connectivity index is 2.24. The molecule has 0 atom stereocenters. The summed E-state index contributed by atoms with van der Waals surface area (Å²) in [4.78, 5) is 12.7. The van der Waals surface area contributed by atoms with Gasteiger partial charge in [-0.25, -0.2) is 0 Å². The first kappa shape index (κ1) is 17.8. The van der Waals surface area contributed by atoms with Crippen LogP contribution >= 0.6 is 0 Å². The van der Waals surface area contributed by atoms with Crippen molar-refractivity contribution in [1.29, 1.82) is 0 Å². The van der Waals surface area contributed by atoms with Crippen molar-refractivity contribution in [2.45, 2.75) is 26.8 Å². The summed E-state index contributed by atoms with van der Waals surface area (Å²) in [6.07, 6.45) is 0. The van der Waals surface area contributed by atoms with E-state index in [0.29, 0.717) is 5.56 Å². The van der Waals surface area contributed by atoms with Gasteiger partial charge in [-0.15, -0.1) is 0 Å². The highest BCUT2D eigenvalue weighted by Crippen LogP contribution is 2.33. The van der Waals surface area contributed by atoms with Crippen LogP contribution in [0.5, 0.6) is 5.75 Å². The zero-order valence-corrected chi connectivity index (χ0v) is 15.6. The maximum atomic E-state index is 12.7. The number of hydrogen-bond acceptors (Lipinski definition) is 2. The lowest BCUT2D eigenvalue weighted by atomic mass is 10.1. The number of rotatable bonds is 5. The molecule has 4 heteroatoms. The first-order chi connectivity index (χ1) is 12.5. The lowest BCUT2D eigenvalue weighted by Crippen LogP contribution is -2.30. The minimum atomic E-state index is -0.0664. The number of carbonyl (C=O) groups excluding carboxylic acids is 1. The van der Waals surface area contributed by atoms with Gasteiger partial charge in [0.15, 0.2) is 0 Å². The summed E-state index contributed by atoms with van der Waals surface area (Å²) in [5.74, 6) is 0.697. The molecule has 134 valence electrons. The van der Waals surface area contributed by atoms with E-state index in [-0.39, 0.29) is 11.9 Å². The van der Waals surface area contributed by atoms with E-state index in [1.165, 1.54) is 0 Å². The van der Waals surface area contributed by atoms with Crippen LogP contribution < -0.4 is 10.1 Å². The van der Waals surface area contributed by atoms with E-state index >= 15 is 0 Å². The number of aromatic nitrogens is 1. The van der Waals surface area contributed by atoms with E-state index in [1.54, 1.807) is 7.11 Å². The number of benzene rings is 2. The number of ether oxygens (including phenoxy) is 1. The average molecular weight is 348 g/mol. The Morgan fingerprint density at radius 1 is 1.04 bits per heavy atom. The molecule has 0 unspecified atom stereocenters. The maximum Gasteiger partial charge on any atom is 0.253 e. The van der Waals surface area contributed by atoms with Gasteiger partial charge in [-0.2, -0.15) is 0 Å². The molecule has 0 aliphatic heterocycles. The Morgan fingerprint density at radius 2 is 1.69 bits per heavy atom. The summed E-state index contributed by atoms with van der Waals surface area (Å²) in [5.41, 5.74) is 4.47. The molecule has 0 radical (unpaired) electrons. The van der Waals surface area contributed by atoms with Gasteiger partial charge in [0.25, 0.3) is 5.91 Å². The molecular formula is C22H24N2O2. The molecule has 0 aliphatic carbocycles. The molecule has 2 aromatic carbocycles. The zero-order valence-electron chi connectivity index (χ0n) is 15.6. The molecule has 0 spiro atoms. The number of nitrogens with zero attached hydrogens (tertiary/aromatic N) is 1. The van der Waals surface area contributed by atoms with Crippen LogP contribution in [0.3, 0.4) is 0 Å². The summed E-state index contributed by atoms with van der Waals surface area (Å²) < 4.78 is 7.65. The fraction of sp³-hybridized carbons (Fsp3) is 0.227. The molecule has 3 rings (SSSR count). The van der Waals surface area contributed by atoms with E-state index in [1.807, 2.05) is 81.4 Å². The summed E-state index contributed by atoms with van der Waals surface area (Å²) in [6.45, 7) is 5.89. The Hall–Kier alpha value is -3.01. The number of para-hydroxylation sites is 2. The third-order valence-corrected chi connectivity index (χ3v) is 4.31. The second-order valence-corrected chi connectivity index (χ2v) is 6.53. The number of methoxy groups -OCH3 is 1. The van der Waals surface area contributed by atoms with E-state index in [2.05, 4.69) is 9.88 Å². The molecule has 1 N–H and O–H groups in total. The Morgan fingerprint density at radius 3 is 2.35 bits per heavy atom. The van der Waals surface area contributed by atoms with Crippen LogP contribution in [-0.4, -0.2) is 23.6 Å². The van der Waals surface area contributed by atoms with E-state index in [9.17, 15) is 4.79 Å². The molecule has 0 fully saturated rings. The lowest BCUT2D eigenvalue weighted by molar-refractivity contribution is 0.0942. The first-order valence-corrected chi connectivity index (χ1v) is 8.75. The first-order valence-electron chi connectivity index (χ1n) is 8.75. The van der Waals surface area contributed by atoms with Gasteiger partial charge < -0.3 is 14.6 Å². The number of nitrogens with one attached hydrogen (secondary N) is 1. The highest BCUT2D eigenvalue weighted by Gasteiger charge is 2.21. The Labute approximate surface area is 154 Å². The average Bonchev–Trinajstić information content (AvgIpc) is 2.99. The molecule has 0 saturated carbocycles.